The molecule has 4 nitrogen and oxygen atoms in total. The zero-order valence-electron chi connectivity index (χ0n) is 13.8. The van der Waals surface area contributed by atoms with Gasteiger partial charge >= 0.3 is 5.97 Å². The number of ether oxygens (including phenoxy) is 1. The molecule has 5 heteroatoms. The minimum atomic E-state index is -0.391. The molecule has 2 N–H and O–H groups in total. The number of allylic oxidation sites excluding steroid dienone is 1. The third kappa shape index (κ3) is 5.26. The number of phenolic OH excluding ortho intramolecular Hbond substituents is 1. The summed E-state index contributed by atoms with van der Waals surface area (Å²) in [7, 11) is 0. The Morgan fingerprint density at radius 1 is 1.41 bits per heavy atom. The standard InChI is InChI=1S/C17H24ClNO3/c1-6-22-15(20)7-11(2)19-10-12-8-13(17(3,4)5)9-14(18)16(12)21/h7-9,19,21H,6,10H2,1-5H3. The summed E-state index contributed by atoms with van der Waals surface area (Å²) in [5.74, 6) is -0.329. The van der Waals surface area contributed by atoms with E-state index in [1.165, 1.54) is 6.08 Å². The fourth-order valence-corrected chi connectivity index (χ4v) is 2.11. The van der Waals surface area contributed by atoms with E-state index in [9.17, 15) is 9.90 Å². The quantitative estimate of drug-likeness (QED) is 0.636. The Balaban J connectivity index is 2.90. The summed E-state index contributed by atoms with van der Waals surface area (Å²) in [5, 5.41) is 13.5. The van der Waals surface area contributed by atoms with Crippen LogP contribution in [0.5, 0.6) is 5.75 Å². The van der Waals surface area contributed by atoms with E-state index >= 15 is 0 Å². The van der Waals surface area contributed by atoms with Gasteiger partial charge in [-0.25, -0.2) is 4.79 Å². The van der Waals surface area contributed by atoms with E-state index in [0.29, 0.717) is 29.4 Å². The number of carbonyl (C=O) groups excluding carboxylic acids is 1. The maximum Gasteiger partial charge on any atom is 0.332 e. The zero-order valence-corrected chi connectivity index (χ0v) is 14.5. The largest absolute Gasteiger partial charge is 0.506 e. The number of esters is 1. The summed E-state index contributed by atoms with van der Waals surface area (Å²) < 4.78 is 4.85. The van der Waals surface area contributed by atoms with Crippen LogP contribution in [0.4, 0.5) is 0 Å². The lowest BCUT2D eigenvalue weighted by molar-refractivity contribution is -0.137. The molecule has 0 aromatic heterocycles. The smallest absolute Gasteiger partial charge is 0.332 e. The molecule has 0 spiro atoms. The highest BCUT2D eigenvalue weighted by Gasteiger charge is 2.18. The van der Waals surface area contributed by atoms with Crippen molar-refractivity contribution in [1.29, 1.82) is 0 Å². The molecule has 0 saturated heterocycles. The molecule has 0 bridgehead atoms. The highest BCUT2D eigenvalue weighted by Crippen LogP contribution is 2.34. The lowest BCUT2D eigenvalue weighted by Crippen LogP contribution is -2.15. The van der Waals surface area contributed by atoms with Crippen molar-refractivity contribution in [3.05, 3.63) is 40.1 Å². The Kier molecular flexibility index (Phi) is 6.30. The maximum atomic E-state index is 11.4. The van der Waals surface area contributed by atoms with E-state index in [1.807, 2.05) is 6.07 Å². The van der Waals surface area contributed by atoms with Crippen molar-refractivity contribution < 1.29 is 14.6 Å². The molecule has 0 radical (unpaired) electrons. The van der Waals surface area contributed by atoms with Gasteiger partial charge in [-0.1, -0.05) is 32.4 Å². The summed E-state index contributed by atoms with van der Waals surface area (Å²) in [6, 6.07) is 3.70. The third-order valence-corrected chi connectivity index (χ3v) is 3.48. The van der Waals surface area contributed by atoms with Crippen molar-refractivity contribution in [2.45, 2.75) is 46.6 Å². The first-order chi connectivity index (χ1) is 10.1. The minimum Gasteiger partial charge on any atom is -0.506 e. The Bertz CT molecular complexity index is 574. The van der Waals surface area contributed by atoms with Crippen LogP contribution < -0.4 is 5.32 Å². The van der Waals surface area contributed by atoms with Crippen LogP contribution in [-0.2, 0) is 21.5 Å². The number of carbonyl (C=O) groups is 1. The van der Waals surface area contributed by atoms with Gasteiger partial charge in [0.15, 0.2) is 0 Å². The Morgan fingerprint density at radius 3 is 2.59 bits per heavy atom. The summed E-state index contributed by atoms with van der Waals surface area (Å²) in [6.45, 7) is 10.5. The molecule has 0 unspecified atom stereocenters. The predicted molar refractivity (Wildman–Crippen MR) is 89.0 cm³/mol. The van der Waals surface area contributed by atoms with Crippen molar-refractivity contribution in [2.24, 2.45) is 0 Å². The first-order valence-electron chi connectivity index (χ1n) is 7.26. The van der Waals surface area contributed by atoms with Gasteiger partial charge in [0.2, 0.25) is 0 Å². The van der Waals surface area contributed by atoms with Gasteiger partial charge in [0.25, 0.3) is 0 Å². The molecule has 0 saturated carbocycles. The van der Waals surface area contributed by atoms with Crippen molar-refractivity contribution >= 4 is 17.6 Å². The van der Waals surface area contributed by atoms with Gasteiger partial charge in [0, 0.05) is 23.9 Å². The third-order valence-electron chi connectivity index (χ3n) is 3.19. The van der Waals surface area contributed by atoms with Crippen LogP contribution in [0.25, 0.3) is 0 Å². The number of nitrogens with one attached hydrogen (secondary N) is 1. The second-order valence-corrected chi connectivity index (χ2v) is 6.56. The van der Waals surface area contributed by atoms with E-state index in [2.05, 4.69) is 26.1 Å². The lowest BCUT2D eigenvalue weighted by Gasteiger charge is -2.21. The SMILES string of the molecule is CCOC(=O)C=C(C)NCc1cc(C(C)(C)C)cc(Cl)c1O. The normalized spacial score (nSPS) is 12.2. The molecule has 1 rings (SSSR count). The lowest BCUT2D eigenvalue weighted by atomic mass is 9.86. The van der Waals surface area contributed by atoms with Crippen molar-refractivity contribution in [3.8, 4) is 5.75 Å². The van der Waals surface area contributed by atoms with Gasteiger partial charge in [-0.2, -0.15) is 0 Å². The molecule has 22 heavy (non-hydrogen) atoms. The molecular weight excluding hydrogens is 302 g/mol. The topological polar surface area (TPSA) is 58.6 Å². The Hall–Kier alpha value is -1.68. The summed E-state index contributed by atoms with van der Waals surface area (Å²) in [4.78, 5) is 11.4. The predicted octanol–water partition coefficient (Wildman–Crippen LogP) is 3.90. The van der Waals surface area contributed by atoms with E-state index < -0.39 is 5.97 Å². The number of hydrogen-bond acceptors (Lipinski definition) is 4. The maximum absolute atomic E-state index is 11.4. The van der Waals surface area contributed by atoms with Crippen LogP contribution in [0.3, 0.4) is 0 Å². The van der Waals surface area contributed by atoms with Crippen molar-refractivity contribution in [3.63, 3.8) is 0 Å². The van der Waals surface area contributed by atoms with E-state index in [-0.39, 0.29) is 11.2 Å². The van der Waals surface area contributed by atoms with Gasteiger partial charge in [-0.15, -0.1) is 0 Å². The van der Waals surface area contributed by atoms with Gasteiger partial charge in [-0.05, 0) is 37.0 Å². The number of hydrogen-bond donors (Lipinski definition) is 2. The van der Waals surface area contributed by atoms with Crippen molar-refractivity contribution in [1.82, 2.24) is 5.32 Å². The summed E-state index contributed by atoms with van der Waals surface area (Å²) in [6.07, 6.45) is 1.38. The molecule has 0 atom stereocenters. The molecule has 1 aromatic carbocycles. The zero-order chi connectivity index (χ0) is 16.9. The van der Waals surface area contributed by atoms with Crippen LogP contribution in [-0.4, -0.2) is 17.7 Å². The highest BCUT2D eigenvalue weighted by molar-refractivity contribution is 6.32. The van der Waals surface area contributed by atoms with E-state index in [4.69, 9.17) is 16.3 Å². The van der Waals surface area contributed by atoms with Crippen LogP contribution >= 0.6 is 11.6 Å². The minimum absolute atomic E-state index is 0.0612. The average molecular weight is 326 g/mol. The first-order valence-corrected chi connectivity index (χ1v) is 7.63. The highest BCUT2D eigenvalue weighted by atomic mass is 35.5. The second kappa shape index (κ2) is 7.54. The molecule has 0 heterocycles. The molecule has 0 fully saturated rings. The fraction of sp³-hybridized carbons (Fsp3) is 0.471. The summed E-state index contributed by atoms with van der Waals surface area (Å²) >= 11 is 6.10. The number of phenols is 1. The molecule has 1 aromatic rings. The number of rotatable bonds is 5. The molecule has 0 aliphatic heterocycles. The average Bonchev–Trinajstić information content (AvgIpc) is 2.39. The monoisotopic (exact) mass is 325 g/mol. The number of halogens is 1. The van der Waals surface area contributed by atoms with Crippen LogP contribution in [0.15, 0.2) is 23.9 Å². The number of aromatic hydroxyl groups is 1. The van der Waals surface area contributed by atoms with Crippen LogP contribution in [0.1, 0.15) is 45.7 Å². The van der Waals surface area contributed by atoms with Gasteiger partial charge in [0.05, 0.1) is 11.6 Å². The van der Waals surface area contributed by atoms with E-state index in [0.717, 1.165) is 5.56 Å². The van der Waals surface area contributed by atoms with Gasteiger partial charge in [-0.3, -0.25) is 0 Å². The summed E-state index contributed by atoms with van der Waals surface area (Å²) in [5.41, 5.74) is 2.32. The van der Waals surface area contributed by atoms with Crippen LogP contribution in [0.2, 0.25) is 5.02 Å². The Morgan fingerprint density at radius 2 is 2.05 bits per heavy atom. The Labute approximate surface area is 137 Å². The second-order valence-electron chi connectivity index (χ2n) is 6.15. The van der Waals surface area contributed by atoms with Gasteiger partial charge in [0.1, 0.15) is 5.75 Å². The fourth-order valence-electron chi connectivity index (χ4n) is 1.87. The van der Waals surface area contributed by atoms with Crippen LogP contribution in [0, 0.1) is 0 Å². The van der Waals surface area contributed by atoms with Crippen molar-refractivity contribution in [2.75, 3.05) is 6.61 Å². The first kappa shape index (κ1) is 18.4. The molecule has 0 aliphatic rings. The van der Waals surface area contributed by atoms with E-state index in [1.54, 1.807) is 19.9 Å². The molecule has 0 amide bonds. The number of benzene rings is 1. The molecule has 122 valence electrons. The molecule has 0 aliphatic carbocycles. The molecular formula is C17H24ClNO3. The van der Waals surface area contributed by atoms with Gasteiger partial charge < -0.3 is 15.2 Å².